The van der Waals surface area contributed by atoms with Crippen LogP contribution >= 0.6 is 11.8 Å². The predicted octanol–water partition coefficient (Wildman–Crippen LogP) is 3.44. The maximum absolute atomic E-state index is 13.2. The zero-order valence-electron chi connectivity index (χ0n) is 11.8. The maximum atomic E-state index is 13.2. The summed E-state index contributed by atoms with van der Waals surface area (Å²) in [6.07, 6.45) is -3.10. The normalized spacial score (nSPS) is 12.6. The number of hydrogen-bond donors (Lipinski definition) is 0. The molecule has 0 aliphatic carbocycles. The molecule has 9 heteroatoms. The van der Waals surface area contributed by atoms with Gasteiger partial charge in [-0.3, -0.25) is 4.40 Å². The van der Waals surface area contributed by atoms with E-state index in [2.05, 4.69) is 20.2 Å². The van der Waals surface area contributed by atoms with E-state index in [1.165, 1.54) is 24.0 Å². The second kappa shape index (κ2) is 5.38. The molecule has 0 aromatic carbocycles. The molecule has 3 aromatic rings. The van der Waals surface area contributed by atoms with Crippen LogP contribution in [0, 0.1) is 5.92 Å². The van der Waals surface area contributed by atoms with E-state index in [1.807, 2.05) is 13.8 Å². The van der Waals surface area contributed by atoms with E-state index in [4.69, 9.17) is 0 Å². The van der Waals surface area contributed by atoms with Gasteiger partial charge in [0.1, 0.15) is 5.03 Å². The predicted molar refractivity (Wildman–Crippen MR) is 76.6 cm³/mol. The van der Waals surface area contributed by atoms with Crippen molar-refractivity contribution in [1.82, 2.24) is 24.6 Å². The molecular formula is C13H12F3N5S. The van der Waals surface area contributed by atoms with Crippen molar-refractivity contribution in [2.75, 3.05) is 5.75 Å². The summed E-state index contributed by atoms with van der Waals surface area (Å²) in [5, 5.41) is 7.41. The molecule has 0 fully saturated rings. The van der Waals surface area contributed by atoms with Crippen molar-refractivity contribution in [3.8, 4) is 0 Å². The van der Waals surface area contributed by atoms with Crippen LogP contribution < -0.4 is 0 Å². The molecule has 3 heterocycles. The molecule has 0 bridgehead atoms. The van der Waals surface area contributed by atoms with Crippen molar-refractivity contribution in [2.24, 2.45) is 5.92 Å². The third kappa shape index (κ3) is 2.60. The Morgan fingerprint density at radius 2 is 2.05 bits per heavy atom. The van der Waals surface area contributed by atoms with Crippen LogP contribution in [0.4, 0.5) is 13.2 Å². The van der Waals surface area contributed by atoms with Crippen molar-refractivity contribution in [3.05, 3.63) is 24.2 Å². The molecule has 0 spiro atoms. The average molecular weight is 327 g/mol. The summed E-state index contributed by atoms with van der Waals surface area (Å²) in [6, 6.07) is 3.09. The molecule has 0 unspecified atom stereocenters. The lowest BCUT2D eigenvalue weighted by molar-refractivity contribution is -0.145. The van der Waals surface area contributed by atoms with Crippen molar-refractivity contribution in [2.45, 2.75) is 25.0 Å². The van der Waals surface area contributed by atoms with Gasteiger partial charge in [0.05, 0.1) is 5.52 Å². The second-order valence-electron chi connectivity index (χ2n) is 5.15. The highest BCUT2D eigenvalue weighted by atomic mass is 32.2. The van der Waals surface area contributed by atoms with Gasteiger partial charge >= 0.3 is 6.18 Å². The molecule has 116 valence electrons. The standard InChI is InChI=1S/C13H12F3N5S/c1-7(2)6-22-11-10-19-20-12(13(14,15)16)21(10)8-4-3-5-17-9(8)18-11/h3-5,7H,6H2,1-2H3. The highest BCUT2D eigenvalue weighted by Crippen LogP contribution is 2.32. The van der Waals surface area contributed by atoms with Gasteiger partial charge in [0.15, 0.2) is 11.3 Å². The van der Waals surface area contributed by atoms with Crippen LogP contribution in [0.1, 0.15) is 19.7 Å². The number of alkyl halides is 3. The summed E-state index contributed by atoms with van der Waals surface area (Å²) in [5.74, 6) is 0.0282. The SMILES string of the molecule is CC(C)CSc1nc2ncccc2n2c(C(F)(F)F)nnc12. The smallest absolute Gasteiger partial charge is 0.266 e. The largest absolute Gasteiger partial charge is 0.452 e. The zero-order chi connectivity index (χ0) is 15.9. The summed E-state index contributed by atoms with van der Waals surface area (Å²) in [4.78, 5) is 8.39. The number of thioether (sulfide) groups is 1. The minimum Gasteiger partial charge on any atom is -0.266 e. The quantitative estimate of drug-likeness (QED) is 0.690. The summed E-state index contributed by atoms with van der Waals surface area (Å²) in [6.45, 7) is 4.04. The fourth-order valence-corrected chi connectivity index (χ4v) is 2.88. The summed E-state index contributed by atoms with van der Waals surface area (Å²) >= 11 is 1.36. The minimum absolute atomic E-state index is 0.110. The Morgan fingerprint density at radius 3 is 2.73 bits per heavy atom. The maximum Gasteiger partial charge on any atom is 0.452 e. The fraction of sp³-hybridized carbons (Fsp3) is 0.385. The summed E-state index contributed by atoms with van der Waals surface area (Å²) in [5.41, 5.74) is 0.591. The fourth-order valence-electron chi connectivity index (χ4n) is 1.97. The van der Waals surface area contributed by atoms with Crippen LogP contribution in [-0.2, 0) is 6.18 Å². The van der Waals surface area contributed by atoms with Crippen LogP contribution in [0.5, 0.6) is 0 Å². The molecule has 0 amide bonds. The average Bonchev–Trinajstić information content (AvgIpc) is 2.90. The van der Waals surface area contributed by atoms with E-state index in [1.54, 1.807) is 6.07 Å². The van der Waals surface area contributed by atoms with Gasteiger partial charge in [0.25, 0.3) is 0 Å². The first-order valence-corrected chi connectivity index (χ1v) is 7.56. The first-order chi connectivity index (χ1) is 10.4. The molecule has 0 aliphatic heterocycles. The Kier molecular flexibility index (Phi) is 3.67. The Labute approximate surface area is 128 Å². The van der Waals surface area contributed by atoms with Gasteiger partial charge in [0, 0.05) is 11.9 Å². The van der Waals surface area contributed by atoms with Gasteiger partial charge in [-0.05, 0) is 18.1 Å². The second-order valence-corrected chi connectivity index (χ2v) is 6.16. The molecule has 0 N–H and O–H groups in total. The molecule has 0 atom stereocenters. The Morgan fingerprint density at radius 1 is 1.27 bits per heavy atom. The van der Waals surface area contributed by atoms with Gasteiger partial charge in [-0.15, -0.1) is 22.0 Å². The van der Waals surface area contributed by atoms with E-state index in [9.17, 15) is 13.2 Å². The molecule has 3 aromatic heterocycles. The van der Waals surface area contributed by atoms with Crippen molar-refractivity contribution < 1.29 is 13.2 Å². The van der Waals surface area contributed by atoms with Crippen LogP contribution in [0.25, 0.3) is 16.8 Å². The number of halogens is 3. The van der Waals surface area contributed by atoms with E-state index >= 15 is 0 Å². The molecule has 3 rings (SSSR count). The van der Waals surface area contributed by atoms with Gasteiger partial charge in [-0.1, -0.05) is 13.8 Å². The first-order valence-electron chi connectivity index (χ1n) is 6.58. The molecule has 0 aliphatic rings. The Balaban J connectivity index is 2.30. The third-order valence-corrected chi connectivity index (χ3v) is 4.26. The number of aromatic nitrogens is 5. The van der Waals surface area contributed by atoms with Crippen LogP contribution in [0.3, 0.4) is 0 Å². The van der Waals surface area contributed by atoms with Crippen LogP contribution in [0.2, 0.25) is 0 Å². The van der Waals surface area contributed by atoms with Crippen molar-refractivity contribution >= 4 is 28.6 Å². The Bertz CT molecular complexity index is 828. The number of nitrogens with zero attached hydrogens (tertiary/aromatic N) is 5. The monoisotopic (exact) mass is 327 g/mol. The highest BCUT2D eigenvalue weighted by molar-refractivity contribution is 7.99. The van der Waals surface area contributed by atoms with Gasteiger partial charge in [0.2, 0.25) is 5.82 Å². The van der Waals surface area contributed by atoms with E-state index in [0.29, 0.717) is 10.9 Å². The minimum atomic E-state index is -4.59. The molecule has 0 saturated heterocycles. The van der Waals surface area contributed by atoms with E-state index < -0.39 is 12.0 Å². The van der Waals surface area contributed by atoms with Crippen molar-refractivity contribution in [1.29, 1.82) is 0 Å². The number of rotatable bonds is 3. The number of pyridine rings is 1. The number of hydrogen-bond acceptors (Lipinski definition) is 5. The third-order valence-electron chi connectivity index (χ3n) is 2.88. The lowest BCUT2D eigenvalue weighted by Crippen LogP contribution is -2.12. The lowest BCUT2D eigenvalue weighted by atomic mass is 10.3. The van der Waals surface area contributed by atoms with E-state index in [0.717, 1.165) is 10.2 Å². The highest BCUT2D eigenvalue weighted by Gasteiger charge is 2.38. The molecule has 5 nitrogen and oxygen atoms in total. The van der Waals surface area contributed by atoms with Crippen molar-refractivity contribution in [3.63, 3.8) is 0 Å². The van der Waals surface area contributed by atoms with E-state index in [-0.39, 0.29) is 16.8 Å². The Hall–Kier alpha value is -1.90. The van der Waals surface area contributed by atoms with Crippen LogP contribution in [-0.4, -0.2) is 30.3 Å². The summed E-state index contributed by atoms with van der Waals surface area (Å²) in [7, 11) is 0. The zero-order valence-corrected chi connectivity index (χ0v) is 12.6. The molecular weight excluding hydrogens is 315 g/mol. The molecule has 0 radical (unpaired) electrons. The van der Waals surface area contributed by atoms with Crippen LogP contribution in [0.15, 0.2) is 23.4 Å². The number of fused-ring (bicyclic) bond motifs is 3. The van der Waals surface area contributed by atoms with Gasteiger partial charge < -0.3 is 0 Å². The topological polar surface area (TPSA) is 56.0 Å². The lowest BCUT2D eigenvalue weighted by Gasteiger charge is -2.09. The molecule has 0 saturated carbocycles. The summed E-state index contributed by atoms with van der Waals surface area (Å²) < 4.78 is 40.4. The van der Waals surface area contributed by atoms with Gasteiger partial charge in [-0.2, -0.15) is 13.2 Å². The molecule has 22 heavy (non-hydrogen) atoms. The van der Waals surface area contributed by atoms with Gasteiger partial charge in [-0.25, -0.2) is 9.97 Å². The first kappa shape index (κ1) is 15.0.